The number of thioether (sulfide) groups is 1. The van der Waals surface area contributed by atoms with Crippen LogP contribution in [0.1, 0.15) is 16.7 Å². The summed E-state index contributed by atoms with van der Waals surface area (Å²) >= 11 is 7.56. The van der Waals surface area contributed by atoms with Crippen molar-refractivity contribution in [1.82, 2.24) is 9.88 Å². The first-order valence-corrected chi connectivity index (χ1v) is 12.1. The number of nitrogens with zero attached hydrogens (tertiary/aromatic N) is 3. The third kappa shape index (κ3) is 3.65. The lowest BCUT2D eigenvalue weighted by molar-refractivity contribution is -0.124. The Kier molecular flexibility index (Phi) is 5.04. The largest absolute Gasteiger partial charge is 0.361 e. The van der Waals surface area contributed by atoms with Crippen molar-refractivity contribution in [3.8, 4) is 0 Å². The van der Waals surface area contributed by atoms with Gasteiger partial charge in [0, 0.05) is 39.9 Å². The second-order valence-electron chi connectivity index (χ2n) is 8.03. The SMILES string of the molecule is O=C1[C@@H](Cc2c[nH]c3ccccc23)N=C2c3ccccc3N=C(SCc3ccc(Cl)cc3)N12. The Labute approximate surface area is 200 Å². The minimum Gasteiger partial charge on any atom is -0.361 e. The first kappa shape index (κ1) is 20.3. The zero-order valence-electron chi connectivity index (χ0n) is 17.5. The van der Waals surface area contributed by atoms with Crippen molar-refractivity contribution in [1.29, 1.82) is 0 Å². The zero-order valence-corrected chi connectivity index (χ0v) is 19.1. The molecule has 0 radical (unpaired) electrons. The van der Waals surface area contributed by atoms with Gasteiger partial charge in [-0.3, -0.25) is 9.79 Å². The van der Waals surface area contributed by atoms with Crippen LogP contribution in [0.5, 0.6) is 0 Å². The van der Waals surface area contributed by atoms with Gasteiger partial charge in [0.25, 0.3) is 5.91 Å². The Morgan fingerprint density at radius 2 is 1.79 bits per heavy atom. The quantitative estimate of drug-likeness (QED) is 0.400. The van der Waals surface area contributed by atoms with Crippen LogP contribution in [0.4, 0.5) is 5.69 Å². The number of amidine groups is 2. The molecule has 0 unspecified atom stereocenters. The topological polar surface area (TPSA) is 60.8 Å². The maximum atomic E-state index is 13.6. The van der Waals surface area contributed by atoms with Gasteiger partial charge in [0.1, 0.15) is 11.9 Å². The number of carbonyl (C=O) groups is 1. The number of aliphatic imine (C=N–C) groups is 2. The number of hydrogen-bond acceptors (Lipinski definition) is 4. The summed E-state index contributed by atoms with van der Waals surface area (Å²) in [5.41, 5.74) is 5.00. The summed E-state index contributed by atoms with van der Waals surface area (Å²) in [7, 11) is 0. The standard InChI is InChI=1S/C26H19ClN4OS/c27-18-11-9-16(10-12-18)15-33-26-30-22-8-4-2-6-20(22)24-29-23(25(32)31(24)26)13-17-14-28-21-7-3-1-5-19(17)21/h1-12,14,23,28H,13,15H2/t23-/m1/s1. The fourth-order valence-electron chi connectivity index (χ4n) is 4.27. The molecule has 1 N–H and O–H groups in total. The van der Waals surface area contributed by atoms with E-state index in [4.69, 9.17) is 21.6 Å². The van der Waals surface area contributed by atoms with Crippen molar-refractivity contribution >= 4 is 56.9 Å². The molecule has 33 heavy (non-hydrogen) atoms. The molecule has 0 spiro atoms. The van der Waals surface area contributed by atoms with Crippen LogP contribution in [-0.4, -0.2) is 32.8 Å². The van der Waals surface area contributed by atoms with Gasteiger partial charge in [0.15, 0.2) is 5.17 Å². The number of hydrogen-bond donors (Lipinski definition) is 1. The molecule has 5 nitrogen and oxygen atoms in total. The van der Waals surface area contributed by atoms with Crippen molar-refractivity contribution in [3.63, 3.8) is 0 Å². The molecule has 1 aromatic heterocycles. The highest BCUT2D eigenvalue weighted by Gasteiger charge is 2.41. The summed E-state index contributed by atoms with van der Waals surface area (Å²) in [6.45, 7) is 0. The predicted molar refractivity (Wildman–Crippen MR) is 135 cm³/mol. The fourth-order valence-corrected chi connectivity index (χ4v) is 5.35. The molecule has 0 aliphatic carbocycles. The monoisotopic (exact) mass is 470 g/mol. The molecule has 3 aromatic carbocycles. The highest BCUT2D eigenvalue weighted by Crippen LogP contribution is 2.35. The van der Waals surface area contributed by atoms with Crippen LogP contribution in [0.15, 0.2) is 89.0 Å². The van der Waals surface area contributed by atoms with Crippen molar-refractivity contribution in [3.05, 3.63) is 101 Å². The van der Waals surface area contributed by atoms with Gasteiger partial charge in [-0.2, -0.15) is 0 Å². The minimum atomic E-state index is -0.480. The molecule has 7 heteroatoms. The summed E-state index contributed by atoms with van der Waals surface area (Å²) in [4.78, 5) is 28.3. The lowest BCUT2D eigenvalue weighted by atomic mass is 10.1. The van der Waals surface area contributed by atoms with E-state index in [1.54, 1.807) is 4.90 Å². The Morgan fingerprint density at radius 3 is 2.67 bits per heavy atom. The number of H-pyrrole nitrogens is 1. The smallest absolute Gasteiger partial charge is 0.259 e. The van der Waals surface area contributed by atoms with E-state index in [9.17, 15) is 4.79 Å². The molecule has 0 fully saturated rings. The summed E-state index contributed by atoms with van der Waals surface area (Å²) in [5.74, 6) is 1.34. The third-order valence-electron chi connectivity index (χ3n) is 5.92. The van der Waals surface area contributed by atoms with Crippen molar-refractivity contribution in [2.24, 2.45) is 9.98 Å². The zero-order chi connectivity index (χ0) is 22.4. The van der Waals surface area contributed by atoms with E-state index in [1.165, 1.54) is 11.8 Å². The van der Waals surface area contributed by atoms with Crippen molar-refractivity contribution in [2.45, 2.75) is 18.2 Å². The van der Waals surface area contributed by atoms with E-state index in [-0.39, 0.29) is 5.91 Å². The van der Waals surface area contributed by atoms with Gasteiger partial charge >= 0.3 is 0 Å². The van der Waals surface area contributed by atoms with Gasteiger partial charge in [-0.25, -0.2) is 9.89 Å². The lowest BCUT2D eigenvalue weighted by Gasteiger charge is -2.25. The third-order valence-corrected chi connectivity index (χ3v) is 7.18. The Bertz CT molecular complexity index is 1440. The second kappa shape index (κ2) is 8.21. The number of halogens is 1. The number of rotatable bonds is 4. The molecule has 3 heterocycles. The number of fused-ring (bicyclic) bond motifs is 4. The first-order valence-electron chi connectivity index (χ1n) is 10.7. The molecule has 2 aliphatic rings. The minimum absolute atomic E-state index is 0.0351. The predicted octanol–water partition coefficient (Wildman–Crippen LogP) is 5.96. The highest BCUT2D eigenvalue weighted by molar-refractivity contribution is 8.13. The van der Waals surface area contributed by atoms with Crippen molar-refractivity contribution < 1.29 is 4.79 Å². The van der Waals surface area contributed by atoms with Gasteiger partial charge in [-0.1, -0.05) is 65.8 Å². The average molecular weight is 471 g/mol. The van der Waals surface area contributed by atoms with Gasteiger partial charge < -0.3 is 4.98 Å². The Morgan fingerprint density at radius 1 is 1.00 bits per heavy atom. The van der Waals surface area contributed by atoms with Crippen LogP contribution in [-0.2, 0) is 17.0 Å². The number of benzene rings is 3. The molecule has 0 saturated heterocycles. The van der Waals surface area contributed by atoms with E-state index in [2.05, 4.69) is 11.1 Å². The molecule has 4 aromatic rings. The summed E-state index contributed by atoms with van der Waals surface area (Å²) in [6.07, 6.45) is 2.52. The van der Waals surface area contributed by atoms with Crippen LogP contribution >= 0.6 is 23.4 Å². The number of aromatic amines is 1. The number of aromatic nitrogens is 1. The molecule has 6 rings (SSSR count). The molecule has 1 amide bonds. The van der Waals surface area contributed by atoms with Crippen LogP contribution in [0, 0.1) is 0 Å². The van der Waals surface area contributed by atoms with Crippen LogP contribution in [0.3, 0.4) is 0 Å². The molecule has 2 aliphatic heterocycles. The van der Waals surface area contributed by atoms with Gasteiger partial charge in [0.2, 0.25) is 0 Å². The average Bonchev–Trinajstić information content (AvgIpc) is 3.40. The van der Waals surface area contributed by atoms with E-state index >= 15 is 0 Å². The van der Waals surface area contributed by atoms with E-state index in [1.807, 2.05) is 72.9 Å². The Hall–Kier alpha value is -3.35. The van der Waals surface area contributed by atoms with Crippen LogP contribution in [0.25, 0.3) is 10.9 Å². The number of amides is 1. The van der Waals surface area contributed by atoms with E-state index < -0.39 is 6.04 Å². The maximum absolute atomic E-state index is 13.6. The number of nitrogens with one attached hydrogen (secondary N) is 1. The first-order chi connectivity index (χ1) is 16.2. The number of carbonyl (C=O) groups excluding carboxylic acids is 1. The maximum Gasteiger partial charge on any atom is 0.259 e. The van der Waals surface area contributed by atoms with Gasteiger partial charge in [-0.05, 0) is 41.5 Å². The molecule has 0 bridgehead atoms. The van der Waals surface area contributed by atoms with Crippen LogP contribution in [0.2, 0.25) is 5.02 Å². The van der Waals surface area contributed by atoms with Crippen LogP contribution < -0.4 is 0 Å². The van der Waals surface area contributed by atoms with E-state index in [0.717, 1.165) is 33.3 Å². The molecular weight excluding hydrogens is 452 g/mol. The number of para-hydroxylation sites is 2. The highest BCUT2D eigenvalue weighted by atomic mass is 35.5. The molecular formula is C26H19ClN4OS. The van der Waals surface area contributed by atoms with Crippen molar-refractivity contribution in [2.75, 3.05) is 0 Å². The molecule has 0 saturated carbocycles. The second-order valence-corrected chi connectivity index (χ2v) is 9.41. The van der Waals surface area contributed by atoms with Gasteiger partial charge in [0.05, 0.1) is 5.69 Å². The fraction of sp³-hybridized carbons (Fsp3) is 0.115. The summed E-state index contributed by atoms with van der Waals surface area (Å²) in [6, 6.07) is 23.2. The summed E-state index contributed by atoms with van der Waals surface area (Å²) in [5, 5.41) is 2.49. The Balaban J connectivity index is 1.32. The molecule has 162 valence electrons. The van der Waals surface area contributed by atoms with E-state index in [0.29, 0.717) is 28.2 Å². The lowest BCUT2D eigenvalue weighted by Crippen LogP contribution is -2.41. The molecule has 1 atom stereocenters. The summed E-state index contributed by atoms with van der Waals surface area (Å²) < 4.78 is 0. The van der Waals surface area contributed by atoms with Gasteiger partial charge in [-0.15, -0.1) is 0 Å². The normalized spacial score (nSPS) is 17.1.